The van der Waals surface area contributed by atoms with E-state index in [-0.39, 0.29) is 17.9 Å². The van der Waals surface area contributed by atoms with E-state index in [1.54, 1.807) is 6.20 Å². The van der Waals surface area contributed by atoms with Crippen molar-refractivity contribution in [2.75, 3.05) is 0 Å². The van der Waals surface area contributed by atoms with E-state index >= 15 is 0 Å². The highest BCUT2D eigenvalue weighted by molar-refractivity contribution is 6.00. The summed E-state index contributed by atoms with van der Waals surface area (Å²) >= 11 is 0. The van der Waals surface area contributed by atoms with Crippen LogP contribution in [0.4, 0.5) is 0 Å². The minimum absolute atomic E-state index is 0.163. The van der Waals surface area contributed by atoms with Gasteiger partial charge in [-0.1, -0.05) is 5.57 Å². The zero-order valence-electron chi connectivity index (χ0n) is 14.6. The van der Waals surface area contributed by atoms with Crippen molar-refractivity contribution in [1.29, 1.82) is 0 Å². The first-order valence-corrected chi connectivity index (χ1v) is 8.58. The molecule has 1 atom stereocenters. The third-order valence-electron chi connectivity index (χ3n) is 4.44. The van der Waals surface area contributed by atoms with E-state index in [1.807, 2.05) is 26.1 Å². The van der Waals surface area contributed by atoms with Crippen LogP contribution in [-0.4, -0.2) is 32.8 Å². The van der Waals surface area contributed by atoms with Crippen molar-refractivity contribution in [2.24, 2.45) is 0 Å². The molecule has 132 valence electrons. The second-order valence-electron chi connectivity index (χ2n) is 6.48. The Kier molecular flexibility index (Phi) is 5.11. The van der Waals surface area contributed by atoms with Crippen LogP contribution >= 0.6 is 0 Å². The van der Waals surface area contributed by atoms with Crippen LogP contribution in [0, 0.1) is 13.8 Å². The molecule has 3 heterocycles. The maximum absolute atomic E-state index is 11.3. The number of amides is 2. The fourth-order valence-corrected chi connectivity index (χ4v) is 2.75. The molecule has 1 aliphatic carbocycles. The van der Waals surface area contributed by atoms with Crippen LogP contribution in [0.3, 0.4) is 0 Å². The molecule has 2 amide bonds. The summed E-state index contributed by atoms with van der Waals surface area (Å²) in [6.07, 6.45) is 8.28. The van der Waals surface area contributed by atoms with E-state index < -0.39 is 0 Å². The van der Waals surface area contributed by atoms with Gasteiger partial charge in [0, 0.05) is 12.6 Å². The van der Waals surface area contributed by atoms with Crippen LogP contribution in [0.1, 0.15) is 43.5 Å². The first-order chi connectivity index (χ1) is 12.0. The van der Waals surface area contributed by atoms with Gasteiger partial charge in [-0.3, -0.25) is 14.9 Å². The highest BCUT2D eigenvalue weighted by atomic mass is 16.2. The summed E-state index contributed by atoms with van der Waals surface area (Å²) in [5.41, 5.74) is 4.41. The van der Waals surface area contributed by atoms with Gasteiger partial charge < -0.3 is 10.3 Å². The largest absolute Gasteiger partial charge is 0.380 e. The summed E-state index contributed by atoms with van der Waals surface area (Å²) < 4.78 is 0. The minimum atomic E-state index is -0.221. The van der Waals surface area contributed by atoms with Crippen molar-refractivity contribution in [2.45, 2.75) is 52.0 Å². The molecule has 0 aromatic carbocycles. The number of aromatic nitrogens is 3. The zero-order valence-corrected chi connectivity index (χ0v) is 14.6. The number of pyridine rings is 1. The molecule has 0 radical (unpaired) electrons. The van der Waals surface area contributed by atoms with Crippen molar-refractivity contribution in [1.82, 2.24) is 25.6 Å². The maximum atomic E-state index is 11.3. The van der Waals surface area contributed by atoms with Gasteiger partial charge in [0.15, 0.2) is 5.65 Å². The molecule has 25 heavy (non-hydrogen) atoms. The highest BCUT2D eigenvalue weighted by Crippen LogP contribution is 2.24. The number of allylic oxidation sites excluding steroid dienone is 1. The number of hydrogen-bond acceptors (Lipinski definition) is 5. The number of carbonyl (C=O) groups excluding carboxylic acids is 2. The lowest BCUT2D eigenvalue weighted by molar-refractivity contribution is -0.134. The fraction of sp³-hybridized carbons (Fsp3) is 0.444. The number of fused-ring (bicyclic) bond motifs is 1. The number of H-pyrrole nitrogens is 1. The quantitative estimate of drug-likeness (QED) is 0.726. The van der Waals surface area contributed by atoms with Gasteiger partial charge in [0.25, 0.3) is 0 Å². The number of rotatable bonds is 2. The number of imidazole rings is 1. The molecule has 2 fully saturated rings. The fourth-order valence-electron chi connectivity index (χ4n) is 2.75. The van der Waals surface area contributed by atoms with Gasteiger partial charge in [0.2, 0.25) is 11.8 Å². The Balaban J connectivity index is 0.000000150. The van der Waals surface area contributed by atoms with Crippen molar-refractivity contribution in [3.8, 4) is 0 Å². The molecule has 1 aliphatic heterocycles. The number of nitrogens with zero attached hydrogens (tertiary/aromatic N) is 2. The Morgan fingerprint density at radius 1 is 1.24 bits per heavy atom. The number of hydrogen-bond donors (Lipinski definition) is 3. The molecular formula is C18H23N5O2. The summed E-state index contributed by atoms with van der Waals surface area (Å²) in [5.74, 6) is 0.559. The zero-order chi connectivity index (χ0) is 17.8. The van der Waals surface area contributed by atoms with Crippen LogP contribution in [-0.2, 0) is 9.59 Å². The summed E-state index contributed by atoms with van der Waals surface area (Å²) in [7, 11) is 0. The van der Waals surface area contributed by atoms with Gasteiger partial charge in [-0.2, -0.15) is 0 Å². The number of aryl methyl sites for hydroxylation is 2. The highest BCUT2D eigenvalue weighted by Gasteiger charge is 2.25. The molecule has 0 bridgehead atoms. The van der Waals surface area contributed by atoms with E-state index in [0.29, 0.717) is 12.8 Å². The second-order valence-corrected chi connectivity index (χ2v) is 6.48. The molecule has 2 aliphatic rings. The Hall–Kier alpha value is -2.70. The predicted molar refractivity (Wildman–Crippen MR) is 94.6 cm³/mol. The number of imide groups is 1. The molecule has 0 spiro atoms. The van der Waals surface area contributed by atoms with Crippen LogP contribution in [0.25, 0.3) is 11.2 Å². The van der Waals surface area contributed by atoms with Crippen LogP contribution in [0.2, 0.25) is 0 Å². The lowest BCUT2D eigenvalue weighted by Crippen LogP contribution is -2.49. The summed E-state index contributed by atoms with van der Waals surface area (Å²) in [6, 6.07) is 1.75. The van der Waals surface area contributed by atoms with Crippen molar-refractivity contribution in [3.63, 3.8) is 0 Å². The molecule has 2 aromatic rings. The molecule has 2 aromatic heterocycles. The molecule has 7 heteroatoms. The average molecular weight is 341 g/mol. The maximum Gasteiger partial charge on any atom is 0.249 e. The van der Waals surface area contributed by atoms with E-state index in [0.717, 1.165) is 29.8 Å². The number of carbonyl (C=O) groups is 2. The first-order valence-electron chi connectivity index (χ1n) is 8.58. The first kappa shape index (κ1) is 17.1. The molecule has 1 unspecified atom stereocenters. The van der Waals surface area contributed by atoms with Gasteiger partial charge in [0.05, 0.1) is 5.52 Å². The molecule has 4 rings (SSSR count). The monoisotopic (exact) mass is 341 g/mol. The molecule has 3 N–H and O–H groups in total. The van der Waals surface area contributed by atoms with Gasteiger partial charge in [0.1, 0.15) is 11.9 Å². The third-order valence-corrected chi connectivity index (χ3v) is 4.44. The van der Waals surface area contributed by atoms with E-state index in [4.69, 9.17) is 0 Å². The number of piperidine rings is 1. The Morgan fingerprint density at radius 2 is 2.04 bits per heavy atom. The lowest BCUT2D eigenvalue weighted by atomic mass is 9.93. The Bertz CT molecular complexity index is 818. The van der Waals surface area contributed by atoms with Crippen molar-refractivity contribution in [3.05, 3.63) is 35.4 Å². The topological polar surface area (TPSA) is 99.8 Å². The normalized spacial score (nSPS) is 19.6. The summed E-state index contributed by atoms with van der Waals surface area (Å²) in [6.45, 7) is 3.97. The summed E-state index contributed by atoms with van der Waals surface area (Å²) in [4.78, 5) is 33.6. The van der Waals surface area contributed by atoms with Gasteiger partial charge in [-0.15, -0.1) is 0 Å². The second kappa shape index (κ2) is 7.46. The van der Waals surface area contributed by atoms with Gasteiger partial charge >= 0.3 is 0 Å². The summed E-state index contributed by atoms with van der Waals surface area (Å²) in [5, 5.41) is 5.39. The Labute approximate surface area is 146 Å². The standard InChI is InChI=1S/C10H14N2O2.C8H9N3/c13-9-5-4-8(10(14)12-9)11-6-7-2-1-3-7;1-5-3-4-9-8-7(5)10-6(2)11-8/h6,8,11H,1-5H2,(H,12,13,14);3-4H,1-2H3,(H,9,10,11). The van der Waals surface area contributed by atoms with Crippen molar-refractivity contribution >= 4 is 23.0 Å². The van der Waals surface area contributed by atoms with Crippen molar-refractivity contribution < 1.29 is 9.59 Å². The average Bonchev–Trinajstić information content (AvgIpc) is 2.90. The lowest BCUT2D eigenvalue weighted by Gasteiger charge is -2.23. The number of aromatic amines is 1. The van der Waals surface area contributed by atoms with Crippen LogP contribution in [0.5, 0.6) is 0 Å². The molecular weight excluding hydrogens is 318 g/mol. The third kappa shape index (κ3) is 4.23. The van der Waals surface area contributed by atoms with Crippen LogP contribution < -0.4 is 10.6 Å². The molecule has 7 nitrogen and oxygen atoms in total. The van der Waals surface area contributed by atoms with E-state index in [2.05, 4.69) is 25.6 Å². The molecule has 1 saturated heterocycles. The van der Waals surface area contributed by atoms with Gasteiger partial charge in [-0.05, 0) is 57.4 Å². The smallest absolute Gasteiger partial charge is 0.249 e. The minimum Gasteiger partial charge on any atom is -0.380 e. The SMILES string of the molecule is Cc1nc2nccc(C)c2[nH]1.O=C1CCC(NC=C2CCC2)C(=O)N1. The van der Waals surface area contributed by atoms with E-state index in [1.165, 1.54) is 17.6 Å². The van der Waals surface area contributed by atoms with Gasteiger partial charge in [-0.25, -0.2) is 9.97 Å². The Morgan fingerprint density at radius 3 is 2.68 bits per heavy atom. The predicted octanol–water partition coefficient (Wildman–Crippen LogP) is 2.02. The molecule has 1 saturated carbocycles. The van der Waals surface area contributed by atoms with Crippen LogP contribution in [0.15, 0.2) is 24.0 Å². The van der Waals surface area contributed by atoms with E-state index in [9.17, 15) is 9.59 Å². The number of nitrogens with one attached hydrogen (secondary N) is 3.